The number of benzene rings is 2. The van der Waals surface area contributed by atoms with Crippen LogP contribution in [0.1, 0.15) is 6.92 Å². The molecule has 8 heteroatoms. The van der Waals surface area contributed by atoms with Gasteiger partial charge in [0.2, 0.25) is 16.9 Å². The third-order valence-corrected chi connectivity index (χ3v) is 5.05. The Morgan fingerprint density at radius 1 is 1.08 bits per heavy atom. The van der Waals surface area contributed by atoms with Crippen molar-refractivity contribution < 1.29 is 9.59 Å². The van der Waals surface area contributed by atoms with E-state index < -0.39 is 0 Å². The van der Waals surface area contributed by atoms with E-state index in [-0.39, 0.29) is 17.6 Å². The highest BCUT2D eigenvalue weighted by Gasteiger charge is 2.10. The maximum Gasteiger partial charge on any atom is 0.234 e. The van der Waals surface area contributed by atoms with E-state index in [1.807, 2.05) is 42.5 Å². The maximum atomic E-state index is 12.2. The van der Waals surface area contributed by atoms with Crippen LogP contribution in [0.3, 0.4) is 0 Å². The molecule has 3 rings (SSSR count). The average molecular weight is 358 g/mol. The van der Waals surface area contributed by atoms with E-state index in [0.717, 1.165) is 16.5 Å². The highest BCUT2D eigenvalue weighted by atomic mass is 32.2. The Hall–Kier alpha value is -2.45. The minimum Gasteiger partial charge on any atom is -0.325 e. The predicted molar refractivity (Wildman–Crippen MR) is 97.5 cm³/mol. The number of hydrogen-bond donors (Lipinski definition) is 2. The summed E-state index contributed by atoms with van der Waals surface area (Å²) in [5, 5.41) is 15.8. The minimum atomic E-state index is -0.198. The molecule has 0 aliphatic rings. The predicted octanol–water partition coefficient (Wildman–Crippen LogP) is 3.38. The quantitative estimate of drug-likeness (QED) is 0.539. The number of nitrogens with one attached hydrogen (secondary N) is 2. The molecule has 0 spiro atoms. The number of nitrogens with zero attached hydrogens (tertiary/aromatic N) is 2. The summed E-state index contributed by atoms with van der Waals surface area (Å²) >= 11 is 2.52. The second kappa shape index (κ2) is 7.41. The summed E-state index contributed by atoms with van der Waals surface area (Å²) in [7, 11) is 0. The highest BCUT2D eigenvalue weighted by molar-refractivity contribution is 8.01. The van der Waals surface area contributed by atoms with Gasteiger partial charge in [0.15, 0.2) is 4.34 Å². The number of thioether (sulfide) groups is 1. The molecule has 2 amide bonds. The number of carbonyl (C=O) groups is 2. The third kappa shape index (κ3) is 4.09. The second-order valence-electron chi connectivity index (χ2n) is 4.92. The lowest BCUT2D eigenvalue weighted by Crippen LogP contribution is -2.14. The summed E-state index contributed by atoms with van der Waals surface area (Å²) < 4.78 is 0.631. The van der Waals surface area contributed by atoms with E-state index in [0.29, 0.717) is 9.47 Å². The van der Waals surface area contributed by atoms with Gasteiger partial charge in [-0.2, -0.15) is 0 Å². The average Bonchev–Trinajstić information content (AvgIpc) is 3.00. The molecule has 0 atom stereocenters. The summed E-state index contributed by atoms with van der Waals surface area (Å²) in [4.78, 5) is 23.1. The van der Waals surface area contributed by atoms with Gasteiger partial charge >= 0.3 is 0 Å². The Morgan fingerprint density at radius 3 is 2.71 bits per heavy atom. The molecule has 0 unspecified atom stereocenters. The molecule has 1 heterocycles. The fourth-order valence-corrected chi connectivity index (χ4v) is 3.72. The van der Waals surface area contributed by atoms with Gasteiger partial charge in [0, 0.05) is 18.0 Å². The Balaban J connectivity index is 1.61. The van der Waals surface area contributed by atoms with Crippen molar-refractivity contribution in [3.05, 3.63) is 42.5 Å². The third-order valence-electron chi connectivity index (χ3n) is 3.08. The van der Waals surface area contributed by atoms with Crippen molar-refractivity contribution in [3.63, 3.8) is 0 Å². The fourth-order valence-electron chi connectivity index (χ4n) is 2.12. The number of fused-ring (bicyclic) bond motifs is 1. The van der Waals surface area contributed by atoms with Crippen LogP contribution in [0.5, 0.6) is 0 Å². The van der Waals surface area contributed by atoms with Crippen LogP contribution in [-0.2, 0) is 9.59 Å². The number of hydrogen-bond acceptors (Lipinski definition) is 6. The Morgan fingerprint density at radius 2 is 1.88 bits per heavy atom. The van der Waals surface area contributed by atoms with Crippen molar-refractivity contribution in [2.45, 2.75) is 11.3 Å². The smallest absolute Gasteiger partial charge is 0.234 e. The zero-order valence-corrected chi connectivity index (χ0v) is 14.4. The van der Waals surface area contributed by atoms with Gasteiger partial charge in [-0.05, 0) is 11.5 Å². The first-order valence-corrected chi connectivity index (χ1v) is 8.93. The van der Waals surface area contributed by atoms with Crippen molar-refractivity contribution in [1.29, 1.82) is 0 Å². The van der Waals surface area contributed by atoms with Crippen LogP contribution in [0.25, 0.3) is 10.8 Å². The molecule has 0 aliphatic carbocycles. The first-order valence-electron chi connectivity index (χ1n) is 7.13. The summed E-state index contributed by atoms with van der Waals surface area (Å²) in [5.74, 6) is -0.0955. The zero-order chi connectivity index (χ0) is 16.9. The molecular formula is C16H14N4O2S2. The van der Waals surface area contributed by atoms with Gasteiger partial charge in [0.05, 0.1) is 5.75 Å². The summed E-state index contributed by atoms with van der Waals surface area (Å²) in [6.45, 7) is 1.41. The Kier molecular flexibility index (Phi) is 5.07. The lowest BCUT2D eigenvalue weighted by Gasteiger charge is -2.08. The van der Waals surface area contributed by atoms with E-state index in [4.69, 9.17) is 0 Å². The first kappa shape index (κ1) is 16.4. The minimum absolute atomic E-state index is 0.118. The van der Waals surface area contributed by atoms with Crippen molar-refractivity contribution in [3.8, 4) is 0 Å². The van der Waals surface area contributed by atoms with E-state index in [1.165, 1.54) is 30.0 Å². The number of aromatic nitrogens is 2. The molecule has 2 N–H and O–H groups in total. The van der Waals surface area contributed by atoms with Crippen molar-refractivity contribution in [2.24, 2.45) is 0 Å². The van der Waals surface area contributed by atoms with Crippen LogP contribution < -0.4 is 10.6 Å². The van der Waals surface area contributed by atoms with E-state index in [9.17, 15) is 9.59 Å². The molecule has 0 saturated heterocycles. The van der Waals surface area contributed by atoms with Gasteiger partial charge in [-0.25, -0.2) is 0 Å². The van der Waals surface area contributed by atoms with Gasteiger partial charge in [-0.3, -0.25) is 9.59 Å². The first-order chi connectivity index (χ1) is 11.6. The molecule has 3 aromatic rings. The molecule has 6 nitrogen and oxygen atoms in total. The van der Waals surface area contributed by atoms with Gasteiger partial charge in [0.25, 0.3) is 0 Å². The second-order valence-corrected chi connectivity index (χ2v) is 7.12. The largest absolute Gasteiger partial charge is 0.325 e. The molecule has 0 fully saturated rings. The number of amides is 2. The highest BCUT2D eigenvalue weighted by Crippen LogP contribution is 2.26. The van der Waals surface area contributed by atoms with Crippen molar-refractivity contribution in [1.82, 2.24) is 10.2 Å². The number of carbonyl (C=O) groups excluding carboxylic acids is 2. The molecule has 0 bridgehead atoms. The van der Waals surface area contributed by atoms with Gasteiger partial charge in [-0.15, -0.1) is 10.2 Å². The number of rotatable bonds is 5. The molecule has 1 aromatic heterocycles. The lowest BCUT2D eigenvalue weighted by molar-refractivity contribution is -0.114. The van der Waals surface area contributed by atoms with E-state index in [2.05, 4.69) is 20.8 Å². The van der Waals surface area contributed by atoms with E-state index in [1.54, 1.807) is 0 Å². The molecule has 0 aliphatic heterocycles. The number of anilines is 2. The van der Waals surface area contributed by atoms with Gasteiger partial charge in [0.1, 0.15) is 0 Å². The van der Waals surface area contributed by atoms with Crippen molar-refractivity contribution in [2.75, 3.05) is 16.4 Å². The van der Waals surface area contributed by atoms with Crippen LogP contribution >= 0.6 is 23.1 Å². The summed E-state index contributed by atoms with van der Waals surface area (Å²) in [6, 6.07) is 13.7. The molecule has 2 aromatic carbocycles. The maximum absolute atomic E-state index is 12.2. The summed E-state index contributed by atoms with van der Waals surface area (Å²) in [6.07, 6.45) is 0. The van der Waals surface area contributed by atoms with Crippen LogP contribution in [0.15, 0.2) is 46.8 Å². The molecule has 0 radical (unpaired) electrons. The zero-order valence-electron chi connectivity index (χ0n) is 12.8. The lowest BCUT2D eigenvalue weighted by atomic mass is 10.1. The molecule has 0 saturated carbocycles. The summed E-state index contributed by atoms with van der Waals surface area (Å²) in [5.41, 5.74) is 0.787. The van der Waals surface area contributed by atoms with Gasteiger partial charge < -0.3 is 10.6 Å². The fraction of sp³-hybridized carbons (Fsp3) is 0.125. The molecule has 24 heavy (non-hydrogen) atoms. The van der Waals surface area contributed by atoms with Crippen LogP contribution in [0, 0.1) is 0 Å². The topological polar surface area (TPSA) is 84.0 Å². The monoisotopic (exact) mass is 358 g/mol. The van der Waals surface area contributed by atoms with Crippen LogP contribution in [-0.4, -0.2) is 27.8 Å². The molecular weight excluding hydrogens is 344 g/mol. The van der Waals surface area contributed by atoms with E-state index >= 15 is 0 Å². The van der Waals surface area contributed by atoms with Crippen LogP contribution in [0.4, 0.5) is 10.8 Å². The Labute approximate surface area is 146 Å². The van der Waals surface area contributed by atoms with Crippen molar-refractivity contribution >= 4 is 56.5 Å². The molecule has 122 valence electrons. The van der Waals surface area contributed by atoms with Crippen LogP contribution in [0.2, 0.25) is 0 Å². The SMILES string of the molecule is CC(=O)Nc1nnc(SCC(=O)Nc2cccc3ccccc23)s1. The standard InChI is InChI=1S/C16H14N4O2S2/c1-10(21)17-15-19-20-16(24-15)23-9-14(22)18-13-8-4-6-11-5-2-3-7-12(11)13/h2-8H,9H2,1H3,(H,18,22)(H,17,19,21). The Bertz CT molecular complexity index is 889. The normalized spacial score (nSPS) is 10.5. The van der Waals surface area contributed by atoms with Gasteiger partial charge in [-0.1, -0.05) is 59.5 Å².